The molecule has 3 aromatic carbocycles. The van der Waals surface area contributed by atoms with E-state index in [1.54, 1.807) is 24.3 Å². The lowest BCUT2D eigenvalue weighted by Crippen LogP contribution is -2.48. The van der Waals surface area contributed by atoms with Crippen molar-refractivity contribution in [3.05, 3.63) is 82.4 Å². The van der Waals surface area contributed by atoms with Crippen LogP contribution in [0.2, 0.25) is 5.02 Å². The van der Waals surface area contributed by atoms with Crippen LogP contribution >= 0.6 is 11.6 Å². The van der Waals surface area contributed by atoms with E-state index in [4.69, 9.17) is 21.1 Å². The van der Waals surface area contributed by atoms with Crippen LogP contribution in [0.15, 0.2) is 54.6 Å². The largest absolute Gasteiger partial charge is 0.490 e. The molecule has 37 heavy (non-hydrogen) atoms. The van der Waals surface area contributed by atoms with Gasteiger partial charge in [-0.3, -0.25) is 4.79 Å². The first-order chi connectivity index (χ1) is 17.8. The Hall–Kier alpha value is -3.36. The lowest BCUT2D eigenvalue weighted by molar-refractivity contribution is -0.116. The zero-order chi connectivity index (χ0) is 26.0. The van der Waals surface area contributed by atoms with Crippen LogP contribution < -0.4 is 19.7 Å². The van der Waals surface area contributed by atoms with Gasteiger partial charge in [-0.1, -0.05) is 23.7 Å². The van der Waals surface area contributed by atoms with Gasteiger partial charge in [-0.2, -0.15) is 0 Å². The predicted octanol–water partition coefficient (Wildman–Crippen LogP) is 5.49. The zero-order valence-electron chi connectivity index (χ0n) is 20.1. The van der Waals surface area contributed by atoms with E-state index in [-0.39, 0.29) is 24.6 Å². The van der Waals surface area contributed by atoms with Crippen molar-refractivity contribution in [2.45, 2.75) is 37.9 Å². The minimum absolute atomic E-state index is 0.0207. The number of hydrogen-bond acceptors (Lipinski definition) is 5. The number of nitrogens with zero attached hydrogens (tertiary/aromatic N) is 1. The monoisotopic (exact) mass is 528 g/mol. The van der Waals surface area contributed by atoms with Crippen molar-refractivity contribution >= 4 is 28.9 Å². The molecule has 1 amide bonds. The Balaban J connectivity index is 1.17. The van der Waals surface area contributed by atoms with Gasteiger partial charge in [0.1, 0.15) is 41.9 Å². The van der Waals surface area contributed by atoms with E-state index >= 15 is 0 Å². The van der Waals surface area contributed by atoms with Gasteiger partial charge in [-0.25, -0.2) is 8.78 Å². The molecule has 0 radical (unpaired) electrons. The van der Waals surface area contributed by atoms with Gasteiger partial charge in [-0.15, -0.1) is 0 Å². The molecule has 0 aliphatic carbocycles. The number of rotatable bonds is 7. The maximum absolute atomic E-state index is 14.9. The summed E-state index contributed by atoms with van der Waals surface area (Å²) in [6, 6.07) is 14.8. The van der Waals surface area contributed by atoms with Gasteiger partial charge in [0.25, 0.3) is 0 Å². The third-order valence-electron chi connectivity index (χ3n) is 6.85. The molecule has 2 aliphatic rings. The maximum atomic E-state index is 14.9. The Morgan fingerprint density at radius 2 is 1.73 bits per heavy atom. The molecule has 0 saturated carbocycles. The molecule has 1 fully saturated rings. The summed E-state index contributed by atoms with van der Waals surface area (Å²) < 4.78 is 40.6. The van der Waals surface area contributed by atoms with Crippen molar-refractivity contribution in [2.75, 3.05) is 29.9 Å². The molecule has 0 unspecified atom stereocenters. The smallest absolute Gasteiger partial charge is 0.224 e. The number of hydrogen-bond donors (Lipinski definition) is 2. The highest BCUT2D eigenvalue weighted by atomic mass is 35.5. The molecule has 0 aromatic heterocycles. The minimum Gasteiger partial charge on any atom is -0.490 e. The molecule has 5 rings (SSSR count). The highest BCUT2D eigenvalue weighted by Gasteiger charge is 2.34. The molecule has 194 valence electrons. The molecule has 2 aliphatic heterocycles. The van der Waals surface area contributed by atoms with Crippen LogP contribution in [0.1, 0.15) is 30.4 Å². The lowest BCUT2D eigenvalue weighted by atomic mass is 9.92. The number of fused-ring (bicyclic) bond motifs is 1. The first kappa shape index (κ1) is 25.3. The second-order valence-electron chi connectivity index (χ2n) is 9.48. The Labute approximate surface area is 218 Å². The molecule has 0 bridgehead atoms. The lowest BCUT2D eigenvalue weighted by Gasteiger charge is -2.39. The van der Waals surface area contributed by atoms with Gasteiger partial charge in [0.15, 0.2) is 0 Å². The third kappa shape index (κ3) is 5.81. The Kier molecular flexibility index (Phi) is 7.22. The van der Waals surface area contributed by atoms with E-state index in [1.165, 1.54) is 18.2 Å². The number of aliphatic hydroxyl groups is 1. The summed E-state index contributed by atoms with van der Waals surface area (Å²) >= 11 is 5.90. The average Bonchev–Trinajstić information content (AvgIpc) is 2.89. The van der Waals surface area contributed by atoms with Gasteiger partial charge in [0, 0.05) is 36.2 Å². The van der Waals surface area contributed by atoms with Gasteiger partial charge in [0.05, 0.1) is 11.4 Å². The maximum Gasteiger partial charge on any atom is 0.224 e. The van der Waals surface area contributed by atoms with E-state index in [2.05, 4.69) is 5.32 Å². The van der Waals surface area contributed by atoms with E-state index < -0.39 is 17.2 Å². The van der Waals surface area contributed by atoms with Crippen LogP contribution in [0.5, 0.6) is 11.5 Å². The summed E-state index contributed by atoms with van der Waals surface area (Å²) in [6.07, 6.45) is 1.38. The van der Waals surface area contributed by atoms with Crippen molar-refractivity contribution in [1.82, 2.24) is 0 Å². The second kappa shape index (κ2) is 10.6. The molecule has 3 aromatic rings. The third-order valence-corrected chi connectivity index (χ3v) is 7.11. The summed E-state index contributed by atoms with van der Waals surface area (Å²) in [6.45, 7) is 1.21. The predicted molar refractivity (Wildman–Crippen MR) is 137 cm³/mol. The van der Waals surface area contributed by atoms with Crippen molar-refractivity contribution in [3.63, 3.8) is 0 Å². The molecule has 9 heteroatoms. The summed E-state index contributed by atoms with van der Waals surface area (Å²) in [5.74, 6) is -0.256. The summed E-state index contributed by atoms with van der Waals surface area (Å²) in [5.41, 5.74) is 1.02. The van der Waals surface area contributed by atoms with Crippen LogP contribution in [0.3, 0.4) is 0 Å². The highest BCUT2D eigenvalue weighted by molar-refractivity contribution is 6.30. The number of amides is 1. The number of benzene rings is 3. The van der Waals surface area contributed by atoms with Crippen LogP contribution in [0.25, 0.3) is 0 Å². The SMILES string of the molecule is O=C1CCc2c(OCC3(O)CCN(c4ccc(OCc5ccc(Cl)cc5)cc4F)CC3)ccc(F)c2N1. The molecule has 6 nitrogen and oxygen atoms in total. The molecule has 2 heterocycles. The average molecular weight is 529 g/mol. The number of halogens is 3. The molecular formula is C28H27ClF2N2O4. The van der Waals surface area contributed by atoms with Gasteiger partial charge < -0.3 is 24.8 Å². The molecule has 0 spiro atoms. The minimum atomic E-state index is -1.10. The molecular weight excluding hydrogens is 502 g/mol. The summed E-state index contributed by atoms with van der Waals surface area (Å²) in [4.78, 5) is 13.5. The van der Waals surface area contributed by atoms with Gasteiger partial charge >= 0.3 is 0 Å². The summed E-state index contributed by atoms with van der Waals surface area (Å²) in [5, 5.41) is 14.3. The number of ether oxygens (including phenoxy) is 2. The van der Waals surface area contributed by atoms with Crippen molar-refractivity contribution < 1.29 is 28.2 Å². The Morgan fingerprint density at radius 3 is 2.46 bits per heavy atom. The topological polar surface area (TPSA) is 71.0 Å². The van der Waals surface area contributed by atoms with Crippen LogP contribution in [0, 0.1) is 11.6 Å². The number of anilines is 2. The van der Waals surface area contributed by atoms with Crippen molar-refractivity contribution in [1.29, 1.82) is 0 Å². The van der Waals surface area contributed by atoms with Crippen LogP contribution in [-0.2, 0) is 17.8 Å². The number of carbonyl (C=O) groups excluding carboxylic acids is 1. The molecule has 2 N–H and O–H groups in total. The molecule has 0 atom stereocenters. The number of carbonyl (C=O) groups is 1. The van der Waals surface area contributed by atoms with E-state index in [0.717, 1.165) is 5.56 Å². The molecule has 1 saturated heterocycles. The normalized spacial score (nSPS) is 16.6. The number of nitrogens with one attached hydrogen (secondary N) is 1. The van der Waals surface area contributed by atoms with Crippen molar-refractivity contribution in [3.8, 4) is 11.5 Å². The zero-order valence-corrected chi connectivity index (χ0v) is 20.9. The Morgan fingerprint density at radius 1 is 0.973 bits per heavy atom. The fourth-order valence-corrected chi connectivity index (χ4v) is 4.79. The fraction of sp³-hybridized carbons (Fsp3) is 0.321. The number of piperidine rings is 1. The van der Waals surface area contributed by atoms with Crippen LogP contribution in [-0.4, -0.2) is 36.3 Å². The van der Waals surface area contributed by atoms with E-state index in [0.29, 0.717) is 66.7 Å². The van der Waals surface area contributed by atoms with Crippen molar-refractivity contribution in [2.24, 2.45) is 0 Å². The fourth-order valence-electron chi connectivity index (χ4n) is 4.66. The van der Waals surface area contributed by atoms with Gasteiger partial charge in [-0.05, 0) is 61.2 Å². The second-order valence-corrected chi connectivity index (χ2v) is 9.91. The Bertz CT molecular complexity index is 1290. The first-order valence-corrected chi connectivity index (χ1v) is 12.6. The van der Waals surface area contributed by atoms with Gasteiger partial charge in [0.2, 0.25) is 5.91 Å². The first-order valence-electron chi connectivity index (χ1n) is 12.2. The quantitative estimate of drug-likeness (QED) is 0.424. The van der Waals surface area contributed by atoms with Crippen LogP contribution in [0.4, 0.5) is 20.2 Å². The van der Waals surface area contributed by atoms with E-state index in [1.807, 2.05) is 17.0 Å². The highest BCUT2D eigenvalue weighted by Crippen LogP contribution is 2.35. The summed E-state index contributed by atoms with van der Waals surface area (Å²) in [7, 11) is 0. The van der Waals surface area contributed by atoms with E-state index in [9.17, 15) is 18.7 Å². The standard InChI is InChI=1S/C28H27ClF2N2O4/c29-19-3-1-18(2-4-19)16-36-20-5-8-24(23(31)15-20)33-13-11-28(35,12-14-33)17-37-25-9-7-22(30)27-21(25)6-10-26(34)32-27/h1-5,7-9,15,35H,6,10-14,16-17H2,(H,32,34).